The Morgan fingerprint density at radius 1 is 1.26 bits per heavy atom. The van der Waals surface area contributed by atoms with Crippen LogP contribution in [0.25, 0.3) is 0 Å². The van der Waals surface area contributed by atoms with Crippen LogP contribution in [0.3, 0.4) is 0 Å². The van der Waals surface area contributed by atoms with Gasteiger partial charge in [0.05, 0.1) is 0 Å². The maximum Gasteiger partial charge on any atom is 0.344 e. The highest BCUT2D eigenvalue weighted by Crippen LogP contribution is 2.33. The monoisotopic (exact) mass is 262 g/mol. The molecule has 4 heteroatoms. The van der Waals surface area contributed by atoms with Crippen LogP contribution in [0.4, 0.5) is 0 Å². The minimum atomic E-state index is -1.67. The average Bonchev–Trinajstić information content (AvgIpc) is 2.54. The molecule has 0 radical (unpaired) electrons. The molecule has 0 spiro atoms. The average molecular weight is 262 g/mol. The van der Waals surface area contributed by atoms with Crippen molar-refractivity contribution in [3.05, 3.63) is 35.4 Å². The SMILES string of the molecule is CC(C)Cc1ccc([C@@]2(C)OC(=O)C(O)C2=O)cc1. The zero-order chi connectivity index (χ0) is 14.2. The Morgan fingerprint density at radius 3 is 2.26 bits per heavy atom. The van der Waals surface area contributed by atoms with Gasteiger partial charge in [0.25, 0.3) is 0 Å². The lowest BCUT2D eigenvalue weighted by Gasteiger charge is -2.21. The quantitative estimate of drug-likeness (QED) is 0.663. The van der Waals surface area contributed by atoms with Crippen molar-refractivity contribution in [2.45, 2.75) is 38.9 Å². The number of carbonyl (C=O) groups is 2. The van der Waals surface area contributed by atoms with Gasteiger partial charge in [0.2, 0.25) is 11.9 Å². The second kappa shape index (κ2) is 4.78. The molecule has 1 N–H and O–H groups in total. The van der Waals surface area contributed by atoms with Crippen molar-refractivity contribution in [3.8, 4) is 0 Å². The highest BCUT2D eigenvalue weighted by Gasteiger charge is 2.52. The van der Waals surface area contributed by atoms with Gasteiger partial charge >= 0.3 is 5.97 Å². The zero-order valence-electron chi connectivity index (χ0n) is 11.3. The topological polar surface area (TPSA) is 63.6 Å². The molecule has 1 fully saturated rings. The molecule has 1 unspecified atom stereocenters. The largest absolute Gasteiger partial charge is 0.444 e. The maximum atomic E-state index is 11.9. The molecule has 0 saturated carbocycles. The highest BCUT2D eigenvalue weighted by molar-refractivity contribution is 6.11. The Balaban J connectivity index is 2.27. The number of aliphatic hydroxyl groups is 1. The number of hydrogen-bond donors (Lipinski definition) is 1. The van der Waals surface area contributed by atoms with E-state index in [9.17, 15) is 14.7 Å². The number of Topliss-reactive ketones (excluding diaryl/α,β-unsaturated/α-hetero) is 1. The molecule has 0 aromatic heterocycles. The predicted molar refractivity (Wildman–Crippen MR) is 69.4 cm³/mol. The lowest BCUT2D eigenvalue weighted by atomic mass is 9.89. The van der Waals surface area contributed by atoms with Crippen LogP contribution in [0.1, 0.15) is 31.9 Å². The van der Waals surface area contributed by atoms with E-state index in [1.54, 1.807) is 12.1 Å². The second-order valence-corrected chi connectivity index (χ2v) is 5.52. The molecular formula is C15H18O4. The Bertz CT molecular complexity index is 503. The third-order valence-electron chi connectivity index (χ3n) is 3.40. The lowest BCUT2D eigenvalue weighted by molar-refractivity contribution is -0.153. The Kier molecular flexibility index (Phi) is 3.45. The van der Waals surface area contributed by atoms with Gasteiger partial charge in [-0.15, -0.1) is 0 Å². The molecule has 1 aromatic carbocycles. The highest BCUT2D eigenvalue weighted by atomic mass is 16.6. The van der Waals surface area contributed by atoms with Gasteiger partial charge in [0.15, 0.2) is 5.60 Å². The second-order valence-electron chi connectivity index (χ2n) is 5.52. The molecular weight excluding hydrogens is 244 g/mol. The summed E-state index contributed by atoms with van der Waals surface area (Å²) in [5.74, 6) is -0.929. The number of benzene rings is 1. The van der Waals surface area contributed by atoms with Crippen LogP contribution in [0.15, 0.2) is 24.3 Å². The smallest absolute Gasteiger partial charge is 0.344 e. The van der Waals surface area contributed by atoms with Gasteiger partial charge in [-0.1, -0.05) is 38.1 Å². The van der Waals surface area contributed by atoms with Gasteiger partial charge in [-0.2, -0.15) is 0 Å². The van der Waals surface area contributed by atoms with Crippen LogP contribution in [0.2, 0.25) is 0 Å². The third-order valence-corrected chi connectivity index (χ3v) is 3.40. The van der Waals surface area contributed by atoms with Crippen molar-refractivity contribution in [1.82, 2.24) is 0 Å². The van der Waals surface area contributed by atoms with Crippen LogP contribution in [-0.2, 0) is 26.3 Å². The number of aliphatic hydroxyl groups excluding tert-OH is 1. The molecule has 0 bridgehead atoms. The first-order chi connectivity index (χ1) is 8.84. The molecule has 1 saturated heterocycles. The van der Waals surface area contributed by atoms with Gasteiger partial charge < -0.3 is 9.84 Å². The number of carbonyl (C=O) groups excluding carboxylic acids is 2. The molecule has 2 rings (SSSR count). The maximum absolute atomic E-state index is 11.9. The van der Waals surface area contributed by atoms with E-state index in [1.807, 2.05) is 12.1 Å². The first kappa shape index (κ1) is 13.7. The van der Waals surface area contributed by atoms with Crippen molar-refractivity contribution in [1.29, 1.82) is 0 Å². The van der Waals surface area contributed by atoms with Gasteiger partial charge in [-0.05, 0) is 24.8 Å². The molecule has 1 aliphatic heterocycles. The molecule has 1 aliphatic rings. The normalized spacial score (nSPS) is 26.9. The van der Waals surface area contributed by atoms with Gasteiger partial charge in [0, 0.05) is 5.56 Å². The summed E-state index contributed by atoms with van der Waals surface area (Å²) in [6, 6.07) is 7.40. The van der Waals surface area contributed by atoms with Crippen molar-refractivity contribution < 1.29 is 19.4 Å². The van der Waals surface area contributed by atoms with Gasteiger partial charge in [0.1, 0.15) is 0 Å². The van der Waals surface area contributed by atoms with Crippen LogP contribution in [0.5, 0.6) is 0 Å². The van der Waals surface area contributed by atoms with E-state index in [4.69, 9.17) is 4.74 Å². The molecule has 0 amide bonds. The number of ether oxygens (including phenoxy) is 1. The third kappa shape index (κ3) is 2.40. The van der Waals surface area contributed by atoms with E-state index >= 15 is 0 Å². The van der Waals surface area contributed by atoms with Crippen LogP contribution >= 0.6 is 0 Å². The van der Waals surface area contributed by atoms with Gasteiger partial charge in [-0.3, -0.25) is 4.79 Å². The Morgan fingerprint density at radius 2 is 1.84 bits per heavy atom. The summed E-state index contributed by atoms with van der Waals surface area (Å²) >= 11 is 0. The fourth-order valence-corrected chi connectivity index (χ4v) is 2.31. The number of ketones is 1. The summed E-state index contributed by atoms with van der Waals surface area (Å²) in [5.41, 5.74) is 0.391. The Labute approximate surface area is 112 Å². The molecule has 102 valence electrons. The van der Waals surface area contributed by atoms with E-state index in [0.29, 0.717) is 11.5 Å². The van der Waals surface area contributed by atoms with E-state index < -0.39 is 23.5 Å². The summed E-state index contributed by atoms with van der Waals surface area (Å²) in [5, 5.41) is 9.41. The van der Waals surface area contributed by atoms with E-state index in [0.717, 1.165) is 6.42 Å². The number of hydrogen-bond acceptors (Lipinski definition) is 4. The first-order valence-electron chi connectivity index (χ1n) is 6.39. The Hall–Kier alpha value is -1.68. The predicted octanol–water partition coefficient (Wildman–Crippen LogP) is 1.59. The number of esters is 1. The van der Waals surface area contributed by atoms with Crippen LogP contribution in [0, 0.1) is 5.92 Å². The molecule has 4 nitrogen and oxygen atoms in total. The summed E-state index contributed by atoms with van der Waals surface area (Å²) in [4.78, 5) is 23.2. The van der Waals surface area contributed by atoms with E-state index in [1.165, 1.54) is 12.5 Å². The molecule has 1 heterocycles. The lowest BCUT2D eigenvalue weighted by Crippen LogP contribution is -2.33. The minimum absolute atomic E-state index is 0.550. The number of cyclic esters (lactones) is 1. The van der Waals surface area contributed by atoms with Crippen molar-refractivity contribution in [2.75, 3.05) is 0 Å². The van der Waals surface area contributed by atoms with E-state index in [2.05, 4.69) is 13.8 Å². The van der Waals surface area contributed by atoms with Crippen molar-refractivity contribution in [2.24, 2.45) is 5.92 Å². The fourth-order valence-electron chi connectivity index (χ4n) is 2.31. The summed E-state index contributed by atoms with van der Waals surface area (Å²) in [6.07, 6.45) is -0.715. The fraction of sp³-hybridized carbons (Fsp3) is 0.467. The van der Waals surface area contributed by atoms with E-state index in [-0.39, 0.29) is 0 Å². The van der Waals surface area contributed by atoms with Gasteiger partial charge in [-0.25, -0.2) is 4.79 Å². The molecule has 2 atom stereocenters. The molecule has 19 heavy (non-hydrogen) atoms. The van der Waals surface area contributed by atoms with Crippen LogP contribution < -0.4 is 0 Å². The summed E-state index contributed by atoms with van der Waals surface area (Å²) in [7, 11) is 0. The number of rotatable bonds is 3. The molecule has 1 aromatic rings. The van der Waals surface area contributed by atoms with Crippen molar-refractivity contribution >= 4 is 11.8 Å². The minimum Gasteiger partial charge on any atom is -0.444 e. The molecule has 0 aliphatic carbocycles. The summed E-state index contributed by atoms with van der Waals surface area (Å²) in [6.45, 7) is 5.78. The standard InChI is InChI=1S/C15H18O4/c1-9(2)8-10-4-6-11(7-5-10)15(3)13(17)12(16)14(18)19-15/h4-7,9,12,16H,8H2,1-3H3/t12?,15-/m1/s1. The van der Waals surface area contributed by atoms with Crippen LogP contribution in [-0.4, -0.2) is 23.0 Å². The zero-order valence-corrected chi connectivity index (χ0v) is 11.3. The first-order valence-corrected chi connectivity index (χ1v) is 6.39. The summed E-state index contributed by atoms with van der Waals surface area (Å²) < 4.78 is 5.04. The van der Waals surface area contributed by atoms with Crippen molar-refractivity contribution in [3.63, 3.8) is 0 Å².